The lowest BCUT2D eigenvalue weighted by Gasteiger charge is -2.32. The van der Waals surface area contributed by atoms with E-state index in [2.05, 4.69) is 10.1 Å². The first kappa shape index (κ1) is 19.6. The minimum absolute atomic E-state index is 0.0880. The SMILES string of the molecule is CN(CC(=O)N1CCCC(C(=O)O)C1)C(=O)CCc1nc(-c2ccoc2)no1. The highest BCUT2D eigenvalue weighted by molar-refractivity contribution is 5.85. The lowest BCUT2D eigenvalue weighted by molar-refractivity contribution is -0.147. The van der Waals surface area contributed by atoms with Crippen LogP contribution in [0.1, 0.15) is 25.2 Å². The van der Waals surface area contributed by atoms with Crippen LogP contribution in [0, 0.1) is 5.92 Å². The third-order valence-corrected chi connectivity index (χ3v) is 4.72. The first-order valence-electron chi connectivity index (χ1n) is 9.03. The molecule has 0 bridgehead atoms. The second-order valence-electron chi connectivity index (χ2n) is 6.79. The number of nitrogens with zero attached hydrogens (tertiary/aromatic N) is 4. The van der Waals surface area contributed by atoms with Gasteiger partial charge in [-0.05, 0) is 18.9 Å². The van der Waals surface area contributed by atoms with E-state index < -0.39 is 11.9 Å². The number of likely N-dealkylation sites (N-methyl/N-ethyl adjacent to an activating group) is 1. The second kappa shape index (κ2) is 8.68. The minimum Gasteiger partial charge on any atom is -0.481 e. The molecule has 1 atom stereocenters. The van der Waals surface area contributed by atoms with Gasteiger partial charge in [-0.25, -0.2) is 0 Å². The van der Waals surface area contributed by atoms with Gasteiger partial charge in [-0.1, -0.05) is 5.16 Å². The number of carbonyl (C=O) groups excluding carboxylic acids is 2. The summed E-state index contributed by atoms with van der Waals surface area (Å²) in [6, 6.07) is 1.70. The van der Waals surface area contributed by atoms with E-state index in [4.69, 9.17) is 14.0 Å². The predicted molar refractivity (Wildman–Crippen MR) is 94.9 cm³/mol. The van der Waals surface area contributed by atoms with E-state index in [9.17, 15) is 14.4 Å². The predicted octanol–water partition coefficient (Wildman–Crippen LogP) is 1.04. The maximum absolute atomic E-state index is 12.4. The molecule has 150 valence electrons. The van der Waals surface area contributed by atoms with Crippen molar-refractivity contribution in [1.29, 1.82) is 0 Å². The minimum atomic E-state index is -0.892. The zero-order valence-corrected chi connectivity index (χ0v) is 15.5. The number of aliphatic carboxylic acids is 1. The van der Waals surface area contributed by atoms with Gasteiger partial charge >= 0.3 is 5.97 Å². The van der Waals surface area contributed by atoms with Crippen LogP contribution < -0.4 is 0 Å². The first-order valence-corrected chi connectivity index (χ1v) is 9.03. The van der Waals surface area contributed by atoms with Crippen LogP contribution in [-0.4, -0.2) is 69.5 Å². The third kappa shape index (κ3) is 4.76. The molecule has 1 saturated heterocycles. The van der Waals surface area contributed by atoms with Crippen molar-refractivity contribution in [1.82, 2.24) is 19.9 Å². The largest absolute Gasteiger partial charge is 0.481 e. The number of aromatic nitrogens is 2. The Kier molecular flexibility index (Phi) is 6.07. The van der Waals surface area contributed by atoms with Crippen LogP contribution >= 0.6 is 0 Å². The van der Waals surface area contributed by atoms with Crippen molar-refractivity contribution in [3.63, 3.8) is 0 Å². The summed E-state index contributed by atoms with van der Waals surface area (Å²) in [6.45, 7) is 0.619. The number of piperidine rings is 1. The molecule has 1 fully saturated rings. The van der Waals surface area contributed by atoms with Gasteiger partial charge in [0.25, 0.3) is 0 Å². The number of carboxylic acids is 1. The van der Waals surface area contributed by atoms with Crippen LogP contribution in [-0.2, 0) is 20.8 Å². The van der Waals surface area contributed by atoms with Gasteiger partial charge in [-0.3, -0.25) is 14.4 Å². The summed E-state index contributed by atoms with van der Waals surface area (Å²) >= 11 is 0. The quantitative estimate of drug-likeness (QED) is 0.742. The number of furan rings is 1. The number of carboxylic acid groups (broad SMARTS) is 1. The Labute approximate surface area is 161 Å². The lowest BCUT2D eigenvalue weighted by Crippen LogP contribution is -2.46. The zero-order chi connectivity index (χ0) is 20.1. The Morgan fingerprint density at radius 3 is 2.93 bits per heavy atom. The molecular formula is C18H22N4O6. The van der Waals surface area contributed by atoms with Crippen molar-refractivity contribution in [2.24, 2.45) is 5.92 Å². The van der Waals surface area contributed by atoms with Gasteiger partial charge in [0.2, 0.25) is 23.5 Å². The third-order valence-electron chi connectivity index (χ3n) is 4.72. The van der Waals surface area contributed by atoms with Crippen molar-refractivity contribution >= 4 is 17.8 Å². The molecule has 1 unspecified atom stereocenters. The zero-order valence-electron chi connectivity index (χ0n) is 15.5. The van der Waals surface area contributed by atoms with Crippen LogP contribution in [0.15, 0.2) is 27.5 Å². The van der Waals surface area contributed by atoms with Crippen LogP contribution in [0.25, 0.3) is 11.4 Å². The van der Waals surface area contributed by atoms with Crippen molar-refractivity contribution < 1.29 is 28.4 Å². The van der Waals surface area contributed by atoms with E-state index in [0.717, 1.165) is 0 Å². The molecule has 0 spiro atoms. The van der Waals surface area contributed by atoms with E-state index in [1.54, 1.807) is 13.1 Å². The van der Waals surface area contributed by atoms with E-state index >= 15 is 0 Å². The Morgan fingerprint density at radius 2 is 2.21 bits per heavy atom. The fourth-order valence-electron chi connectivity index (χ4n) is 3.07. The van der Waals surface area contributed by atoms with Gasteiger partial charge in [0.1, 0.15) is 6.26 Å². The standard InChI is InChI=1S/C18H22N4O6/c1-21(10-16(24)22-7-2-3-12(9-22)18(25)26)15(23)5-4-14-19-17(20-28-14)13-6-8-27-11-13/h6,8,11-12H,2-5,7,9-10H2,1H3,(H,25,26). The van der Waals surface area contributed by atoms with E-state index in [1.165, 1.54) is 22.3 Å². The molecule has 2 aromatic heterocycles. The van der Waals surface area contributed by atoms with Crippen LogP contribution in [0.4, 0.5) is 0 Å². The number of hydrogen-bond acceptors (Lipinski definition) is 7. The molecule has 3 rings (SSSR count). The van der Waals surface area contributed by atoms with Crippen molar-refractivity contribution in [2.75, 3.05) is 26.7 Å². The van der Waals surface area contributed by atoms with Crippen molar-refractivity contribution in [3.8, 4) is 11.4 Å². The Hall–Kier alpha value is -3.17. The molecule has 1 aliphatic heterocycles. The number of amides is 2. The Morgan fingerprint density at radius 1 is 1.39 bits per heavy atom. The summed E-state index contributed by atoms with van der Waals surface area (Å²) in [4.78, 5) is 42.9. The van der Waals surface area contributed by atoms with Crippen LogP contribution in [0.5, 0.6) is 0 Å². The number of hydrogen-bond donors (Lipinski definition) is 1. The molecule has 3 heterocycles. The van der Waals surface area contributed by atoms with Gasteiger partial charge in [0, 0.05) is 33.0 Å². The fraction of sp³-hybridized carbons (Fsp3) is 0.500. The number of aryl methyl sites for hydroxylation is 1. The average Bonchev–Trinajstić information content (AvgIpc) is 3.37. The summed E-state index contributed by atoms with van der Waals surface area (Å²) in [5.41, 5.74) is 0.685. The fourth-order valence-corrected chi connectivity index (χ4v) is 3.07. The normalized spacial score (nSPS) is 16.8. The van der Waals surface area contributed by atoms with Crippen LogP contribution in [0.3, 0.4) is 0 Å². The Balaban J connectivity index is 1.46. The highest BCUT2D eigenvalue weighted by atomic mass is 16.5. The van der Waals surface area contributed by atoms with Crippen molar-refractivity contribution in [2.45, 2.75) is 25.7 Å². The maximum Gasteiger partial charge on any atom is 0.308 e. The molecule has 0 aromatic carbocycles. The molecule has 1 N–H and O–H groups in total. The molecule has 0 saturated carbocycles. The molecule has 0 aliphatic carbocycles. The average molecular weight is 390 g/mol. The monoisotopic (exact) mass is 390 g/mol. The first-order chi connectivity index (χ1) is 13.4. The summed E-state index contributed by atoms with van der Waals surface area (Å²) in [5.74, 6) is -1.20. The lowest BCUT2D eigenvalue weighted by atomic mass is 9.98. The molecule has 2 aromatic rings. The number of rotatable bonds is 7. The van der Waals surface area contributed by atoms with Crippen molar-refractivity contribution in [3.05, 3.63) is 24.5 Å². The van der Waals surface area contributed by atoms with Gasteiger partial charge in [-0.15, -0.1) is 0 Å². The smallest absolute Gasteiger partial charge is 0.308 e. The highest BCUT2D eigenvalue weighted by Gasteiger charge is 2.29. The molecule has 10 nitrogen and oxygen atoms in total. The summed E-state index contributed by atoms with van der Waals surface area (Å²) in [7, 11) is 1.55. The van der Waals surface area contributed by atoms with E-state index in [1.807, 2.05) is 0 Å². The highest BCUT2D eigenvalue weighted by Crippen LogP contribution is 2.18. The molecule has 28 heavy (non-hydrogen) atoms. The van der Waals surface area contributed by atoms with E-state index in [-0.39, 0.29) is 37.7 Å². The molecular weight excluding hydrogens is 368 g/mol. The Bertz CT molecular complexity index is 831. The van der Waals surface area contributed by atoms with Gasteiger partial charge in [0.05, 0.1) is 24.3 Å². The molecule has 0 radical (unpaired) electrons. The molecule has 10 heteroatoms. The van der Waals surface area contributed by atoms with Gasteiger partial charge in [-0.2, -0.15) is 4.98 Å². The number of carbonyl (C=O) groups is 3. The van der Waals surface area contributed by atoms with Crippen LogP contribution in [0.2, 0.25) is 0 Å². The van der Waals surface area contributed by atoms with Gasteiger partial charge < -0.3 is 23.8 Å². The molecule has 1 aliphatic rings. The second-order valence-corrected chi connectivity index (χ2v) is 6.79. The summed E-state index contributed by atoms with van der Waals surface area (Å²) < 4.78 is 10.1. The van der Waals surface area contributed by atoms with Gasteiger partial charge in [0.15, 0.2) is 0 Å². The topological polar surface area (TPSA) is 130 Å². The summed E-state index contributed by atoms with van der Waals surface area (Å²) in [6.07, 6.45) is 4.59. The maximum atomic E-state index is 12.4. The number of likely N-dealkylation sites (tertiary alicyclic amines) is 1. The molecule has 2 amide bonds. The van der Waals surface area contributed by atoms with E-state index in [0.29, 0.717) is 36.7 Å². The summed E-state index contributed by atoms with van der Waals surface area (Å²) in [5, 5.41) is 13.0.